The van der Waals surface area contributed by atoms with Crippen molar-refractivity contribution in [3.63, 3.8) is 0 Å². The molecule has 0 aliphatic rings. The second-order valence-corrected chi connectivity index (χ2v) is 8.01. The van der Waals surface area contributed by atoms with Crippen molar-refractivity contribution in [3.8, 4) is 37.0 Å². The van der Waals surface area contributed by atoms with Gasteiger partial charge in [0.15, 0.2) is 0 Å². The third-order valence-corrected chi connectivity index (χ3v) is 5.57. The quantitative estimate of drug-likeness (QED) is 0.144. The predicted octanol–water partition coefficient (Wildman–Crippen LogP) is 2.48. The van der Waals surface area contributed by atoms with E-state index in [1.54, 1.807) is 13.8 Å². The van der Waals surface area contributed by atoms with Crippen LogP contribution in [0.25, 0.3) is 0 Å². The molecule has 0 heterocycles. The van der Waals surface area contributed by atoms with Gasteiger partial charge in [-0.1, -0.05) is 39.0 Å². The van der Waals surface area contributed by atoms with Crippen molar-refractivity contribution in [2.24, 2.45) is 17.8 Å². The van der Waals surface area contributed by atoms with Crippen LogP contribution < -0.4 is 0 Å². The van der Waals surface area contributed by atoms with Crippen LogP contribution in [0.1, 0.15) is 40.0 Å². The molecule has 34 heavy (non-hydrogen) atoms. The molecule has 0 bridgehead atoms. The minimum Gasteiger partial charge on any atom is -0.392 e. The monoisotopic (exact) mass is 496 g/mol. The Morgan fingerprint density at radius 3 is 1.32 bits per heavy atom. The molecule has 10 atom stereocenters. The van der Waals surface area contributed by atoms with Crippen LogP contribution in [0.4, 0.5) is 0 Å². The summed E-state index contributed by atoms with van der Waals surface area (Å²) in [6.45, 7) is 15.6. The zero-order chi connectivity index (χ0) is 28.0. The number of hydrogen-bond acceptors (Lipinski definition) is 6. The number of rotatable bonds is 14. The maximum absolute atomic E-state index is 9.43. The second kappa shape index (κ2) is 22.9. The van der Waals surface area contributed by atoms with Crippen LogP contribution in [0.5, 0.6) is 0 Å². The van der Waals surface area contributed by atoms with Gasteiger partial charge in [-0.15, -0.1) is 56.8 Å². The highest BCUT2D eigenvalue weighted by Gasteiger charge is 2.21. The number of hydrogen-bond donors (Lipinski definition) is 5. The summed E-state index contributed by atoms with van der Waals surface area (Å²) in [7, 11) is -0.356. The zero-order valence-electron chi connectivity index (χ0n) is 21.5. The fourth-order valence-electron chi connectivity index (χ4n) is 2.38. The molecule has 6 nitrogen and oxygen atoms in total. The van der Waals surface area contributed by atoms with Gasteiger partial charge in [-0.25, -0.2) is 0 Å². The first-order valence-electron chi connectivity index (χ1n) is 11.3. The van der Waals surface area contributed by atoms with E-state index >= 15 is 0 Å². The van der Waals surface area contributed by atoms with E-state index < -0.39 is 30.5 Å². The Morgan fingerprint density at radius 2 is 1.06 bits per heavy atom. The molecule has 0 fully saturated rings. The van der Waals surface area contributed by atoms with Gasteiger partial charge in [-0.2, -0.15) is 0 Å². The standard InChI is InChI=1S/C9H15O2P.2C9H14O2/c1-4-6-9(11-12)7(3)8(10)5-2;2*1-4-6-9(11)7(3)8(10)5-2/h1,5,7-10H,2,6,12H2,3H3;2*1,5,7-11H,2,6H2,3H3/t7-,8?,9?;7-,8+,9+;7-,8-,9+/m000/s1/i12T;;/t7-,8?,9?,12?;;. The summed E-state index contributed by atoms with van der Waals surface area (Å²) in [5.41, 5.74) is 0. The lowest BCUT2D eigenvalue weighted by atomic mass is 9.96. The van der Waals surface area contributed by atoms with Crippen molar-refractivity contribution in [3.05, 3.63) is 38.0 Å². The van der Waals surface area contributed by atoms with E-state index in [0.29, 0.717) is 6.42 Å². The van der Waals surface area contributed by atoms with Crippen LogP contribution in [0.3, 0.4) is 0 Å². The molecule has 0 aliphatic carbocycles. The summed E-state index contributed by atoms with van der Waals surface area (Å²) in [6.07, 6.45) is 16.8. The molecule has 0 aromatic rings. The molecule has 0 aromatic heterocycles. The minimum atomic E-state index is -0.682. The highest BCUT2D eigenvalue weighted by atomic mass is 31.0. The van der Waals surface area contributed by atoms with Gasteiger partial charge in [0, 0.05) is 46.4 Å². The van der Waals surface area contributed by atoms with Gasteiger partial charge in [0.2, 0.25) is 0 Å². The second-order valence-electron chi connectivity index (χ2n) is 7.77. The first-order valence-corrected chi connectivity index (χ1v) is 11.2. The molecular weight excluding hydrogens is 451 g/mol. The van der Waals surface area contributed by atoms with Gasteiger partial charge in [0.05, 0.1) is 37.9 Å². The van der Waals surface area contributed by atoms with Crippen molar-refractivity contribution in [2.45, 2.75) is 76.7 Å². The first-order chi connectivity index (χ1) is 16.4. The summed E-state index contributed by atoms with van der Waals surface area (Å²) in [6, 6.07) is 0. The van der Waals surface area contributed by atoms with Crippen molar-refractivity contribution in [1.29, 1.82) is 1.28 Å². The smallest absolute Gasteiger partial charge is 0.0851 e. The SMILES string of the molecule is C#CC[C@@H](O)[C@@H](C)[C@@H](O)C=C.C#CC[C@@H](O)[C@@H](C)[C@H](O)C=C.[3H]POC(CC#C)[C@@H](C)C(O)C=C. The zero-order valence-corrected chi connectivity index (χ0v) is 21.5. The molecule has 7 heteroatoms. The molecule has 0 saturated heterocycles. The summed E-state index contributed by atoms with van der Waals surface area (Å²) in [4.78, 5) is 0. The summed E-state index contributed by atoms with van der Waals surface area (Å²) < 4.78 is 12.0. The largest absolute Gasteiger partial charge is 0.392 e. The van der Waals surface area contributed by atoms with Crippen LogP contribution in [-0.4, -0.2) is 63.4 Å². The van der Waals surface area contributed by atoms with E-state index in [9.17, 15) is 25.5 Å². The maximum atomic E-state index is 9.43. The van der Waals surface area contributed by atoms with Crippen molar-refractivity contribution in [2.75, 3.05) is 0 Å². The van der Waals surface area contributed by atoms with Gasteiger partial charge in [-0.3, -0.25) is 0 Å². The van der Waals surface area contributed by atoms with Crippen LogP contribution in [-0.2, 0) is 4.52 Å². The molecule has 0 aromatic carbocycles. The summed E-state index contributed by atoms with van der Waals surface area (Å²) >= 11 is 0. The lowest BCUT2D eigenvalue weighted by Crippen LogP contribution is -2.28. The van der Waals surface area contributed by atoms with Crippen LogP contribution >= 0.6 is 9.41 Å². The highest BCUT2D eigenvalue weighted by molar-refractivity contribution is 7.09. The third-order valence-electron chi connectivity index (χ3n) is 5.27. The van der Waals surface area contributed by atoms with Crippen molar-refractivity contribution >= 4 is 9.41 Å². The van der Waals surface area contributed by atoms with Gasteiger partial charge in [-0.05, 0) is 0 Å². The number of aliphatic hydroxyl groups is 5. The van der Waals surface area contributed by atoms with E-state index in [0.717, 1.165) is 0 Å². The lowest BCUT2D eigenvalue weighted by Gasteiger charge is -2.23. The fraction of sp³-hybridized carbons (Fsp3) is 0.556. The molecule has 192 valence electrons. The van der Waals surface area contributed by atoms with Crippen LogP contribution in [0, 0.1) is 54.8 Å². The van der Waals surface area contributed by atoms with Gasteiger partial charge in [0.25, 0.3) is 0 Å². The lowest BCUT2D eigenvalue weighted by molar-refractivity contribution is 0.0480. The minimum absolute atomic E-state index is 0.119. The third kappa shape index (κ3) is 16.7. The van der Waals surface area contributed by atoms with Gasteiger partial charge < -0.3 is 30.1 Å². The predicted molar refractivity (Wildman–Crippen MR) is 143 cm³/mol. The van der Waals surface area contributed by atoms with E-state index in [-0.39, 0.29) is 46.1 Å². The number of aliphatic hydroxyl groups excluding tert-OH is 5. The molecule has 0 saturated carbocycles. The normalized spacial score (nSPS) is 18.6. The molecule has 0 rings (SSSR count). The Kier molecular flexibility index (Phi) is 23.0. The topological polar surface area (TPSA) is 110 Å². The summed E-state index contributed by atoms with van der Waals surface area (Å²) in [5, 5.41) is 46.3. The highest BCUT2D eigenvalue weighted by Crippen LogP contribution is 2.18. The van der Waals surface area contributed by atoms with E-state index in [4.69, 9.17) is 25.1 Å². The van der Waals surface area contributed by atoms with Crippen LogP contribution in [0.2, 0.25) is 0 Å². The first kappa shape index (κ1) is 34.3. The molecule has 0 spiro atoms. The molecular formula is C27H43O6P. The Bertz CT molecular complexity index is 657. The van der Waals surface area contributed by atoms with Crippen molar-refractivity contribution in [1.82, 2.24) is 0 Å². The summed E-state index contributed by atoms with van der Waals surface area (Å²) in [5.74, 6) is 6.51. The Balaban J connectivity index is -0.000000441. The Morgan fingerprint density at radius 1 is 0.735 bits per heavy atom. The van der Waals surface area contributed by atoms with Gasteiger partial charge in [0.1, 0.15) is 0 Å². The van der Waals surface area contributed by atoms with Crippen LogP contribution in [0.15, 0.2) is 38.0 Å². The van der Waals surface area contributed by atoms with E-state index in [1.807, 2.05) is 6.92 Å². The van der Waals surface area contributed by atoms with Gasteiger partial charge >= 0.3 is 0 Å². The molecule has 0 amide bonds. The number of terminal acetylenes is 3. The maximum Gasteiger partial charge on any atom is 0.0851 e. The van der Waals surface area contributed by atoms with E-state index in [2.05, 4.69) is 37.5 Å². The Labute approximate surface area is 210 Å². The van der Waals surface area contributed by atoms with E-state index in [1.165, 1.54) is 18.2 Å². The molecule has 5 N–H and O–H groups in total. The Hall–Kier alpha value is -1.91. The van der Waals surface area contributed by atoms with Crippen molar-refractivity contribution < 1.29 is 30.1 Å². The average Bonchev–Trinajstić information content (AvgIpc) is 2.86. The molecule has 0 aliphatic heterocycles. The average molecular weight is 497 g/mol. The molecule has 3 unspecified atom stereocenters. The fourth-order valence-corrected chi connectivity index (χ4v) is 2.68. The molecule has 0 radical (unpaired) electrons.